The van der Waals surface area contributed by atoms with Crippen molar-refractivity contribution < 1.29 is 26.1 Å². The van der Waals surface area contributed by atoms with Crippen molar-refractivity contribution >= 4 is 26.0 Å². The zero-order chi connectivity index (χ0) is 9.28. The monoisotopic (exact) mass is 256 g/mol. The summed E-state index contributed by atoms with van der Waals surface area (Å²) in [5.74, 6) is 0. The van der Waals surface area contributed by atoms with Crippen molar-refractivity contribution in [2.24, 2.45) is 0 Å². The van der Waals surface area contributed by atoms with E-state index in [1.807, 2.05) is 0 Å². The molecule has 0 saturated heterocycles. The molecule has 1 atom stereocenters. The van der Waals surface area contributed by atoms with E-state index in [-0.39, 0.29) is 0 Å². The molecule has 3 nitrogen and oxygen atoms in total. The summed E-state index contributed by atoms with van der Waals surface area (Å²) in [7, 11) is -5.04. The van der Waals surface area contributed by atoms with Crippen LogP contribution in [0.3, 0.4) is 0 Å². The van der Waals surface area contributed by atoms with Gasteiger partial charge in [-0.25, -0.2) is 0 Å². The van der Waals surface area contributed by atoms with E-state index in [1.54, 1.807) is 0 Å². The second-order valence-electron chi connectivity index (χ2n) is 1.70. The number of rotatable bonds is 2. The van der Waals surface area contributed by atoms with Crippen molar-refractivity contribution in [3.05, 3.63) is 0 Å². The van der Waals surface area contributed by atoms with Gasteiger partial charge in [0.2, 0.25) is 0 Å². The molecule has 0 radical (unpaired) electrons. The van der Waals surface area contributed by atoms with Gasteiger partial charge in [0.15, 0.2) is 5.25 Å². The van der Waals surface area contributed by atoms with Gasteiger partial charge in [-0.05, 0) is 0 Å². The van der Waals surface area contributed by atoms with Crippen LogP contribution in [0.4, 0.5) is 13.2 Å². The van der Waals surface area contributed by atoms with Crippen LogP contribution < -0.4 is 0 Å². The lowest BCUT2D eigenvalue weighted by atomic mass is 10.5. The Morgan fingerprint density at radius 3 is 1.82 bits per heavy atom. The Balaban J connectivity index is 4.72. The third kappa shape index (κ3) is 3.39. The highest BCUT2D eigenvalue weighted by Gasteiger charge is 2.47. The van der Waals surface area contributed by atoms with Crippen molar-refractivity contribution in [1.82, 2.24) is 0 Å². The SMILES string of the molecule is O=S(=O)(O)C(CBr)C(F)(F)F. The van der Waals surface area contributed by atoms with Gasteiger partial charge in [-0.3, -0.25) is 4.55 Å². The molecule has 0 amide bonds. The van der Waals surface area contributed by atoms with Gasteiger partial charge in [-0.1, -0.05) is 15.9 Å². The van der Waals surface area contributed by atoms with Gasteiger partial charge >= 0.3 is 6.18 Å². The second-order valence-corrected chi connectivity index (χ2v) is 3.95. The highest BCUT2D eigenvalue weighted by molar-refractivity contribution is 9.09. The van der Waals surface area contributed by atoms with E-state index in [2.05, 4.69) is 15.9 Å². The lowest BCUT2D eigenvalue weighted by Gasteiger charge is -2.13. The zero-order valence-corrected chi connectivity index (χ0v) is 7.37. The van der Waals surface area contributed by atoms with E-state index in [0.29, 0.717) is 0 Å². The van der Waals surface area contributed by atoms with Gasteiger partial charge in [-0.15, -0.1) is 0 Å². The van der Waals surface area contributed by atoms with Crippen LogP contribution >= 0.6 is 15.9 Å². The van der Waals surface area contributed by atoms with Crippen LogP contribution in [-0.4, -0.2) is 29.7 Å². The molecule has 0 saturated carbocycles. The minimum absolute atomic E-state index is 0.866. The van der Waals surface area contributed by atoms with Crippen molar-refractivity contribution in [2.75, 3.05) is 5.33 Å². The van der Waals surface area contributed by atoms with Crippen LogP contribution in [-0.2, 0) is 10.1 Å². The normalized spacial score (nSPS) is 16.5. The molecule has 0 aliphatic carbocycles. The first-order valence-electron chi connectivity index (χ1n) is 2.28. The molecule has 0 spiro atoms. The Morgan fingerprint density at radius 2 is 1.82 bits per heavy atom. The van der Waals surface area contributed by atoms with Crippen LogP contribution in [0.15, 0.2) is 0 Å². The number of alkyl halides is 4. The number of hydrogen-bond donors (Lipinski definition) is 1. The Labute approximate surface area is 69.5 Å². The zero-order valence-electron chi connectivity index (χ0n) is 4.97. The van der Waals surface area contributed by atoms with Crippen molar-refractivity contribution in [3.63, 3.8) is 0 Å². The minimum atomic E-state index is -5.04. The van der Waals surface area contributed by atoms with Crippen LogP contribution in [0.1, 0.15) is 0 Å². The molecular formula is C3H4BrF3O3S. The predicted octanol–water partition coefficient (Wildman–Crippen LogP) is 1.20. The van der Waals surface area contributed by atoms with Crippen LogP contribution in [0.5, 0.6) is 0 Å². The van der Waals surface area contributed by atoms with Crippen LogP contribution in [0.2, 0.25) is 0 Å². The molecule has 1 N–H and O–H groups in total. The summed E-state index contributed by atoms with van der Waals surface area (Å²) in [4.78, 5) is 0. The Hall–Kier alpha value is 0.180. The van der Waals surface area contributed by atoms with Gasteiger partial charge in [-0.2, -0.15) is 21.6 Å². The average molecular weight is 257 g/mol. The Kier molecular flexibility index (Phi) is 3.33. The first-order chi connectivity index (χ1) is 4.69. The molecule has 0 aromatic heterocycles. The third-order valence-electron chi connectivity index (χ3n) is 0.865. The fourth-order valence-corrected chi connectivity index (χ4v) is 2.20. The molecule has 0 aromatic carbocycles. The van der Waals surface area contributed by atoms with Gasteiger partial charge in [0.05, 0.1) is 0 Å². The summed E-state index contributed by atoms with van der Waals surface area (Å²) < 4.78 is 63.0. The lowest BCUT2D eigenvalue weighted by Crippen LogP contribution is -2.37. The molecule has 0 heterocycles. The Bertz CT molecular complexity index is 220. The van der Waals surface area contributed by atoms with E-state index in [4.69, 9.17) is 4.55 Å². The van der Waals surface area contributed by atoms with Crippen LogP contribution in [0, 0.1) is 0 Å². The Morgan fingerprint density at radius 1 is 1.45 bits per heavy atom. The maximum absolute atomic E-state index is 11.6. The topological polar surface area (TPSA) is 54.4 Å². The molecule has 0 rings (SSSR count). The second kappa shape index (κ2) is 3.28. The summed E-state index contributed by atoms with van der Waals surface area (Å²) in [5, 5.41) is -3.61. The summed E-state index contributed by atoms with van der Waals surface area (Å²) >= 11 is 2.33. The fraction of sp³-hybridized carbons (Fsp3) is 1.00. The lowest BCUT2D eigenvalue weighted by molar-refractivity contribution is -0.126. The van der Waals surface area contributed by atoms with Crippen molar-refractivity contribution in [3.8, 4) is 0 Å². The smallest absolute Gasteiger partial charge is 0.285 e. The highest BCUT2D eigenvalue weighted by atomic mass is 79.9. The summed E-state index contributed by atoms with van der Waals surface area (Å²) in [6, 6.07) is 0. The summed E-state index contributed by atoms with van der Waals surface area (Å²) in [5.41, 5.74) is 0. The van der Waals surface area contributed by atoms with Gasteiger partial charge in [0, 0.05) is 5.33 Å². The maximum Gasteiger partial charge on any atom is 0.408 e. The van der Waals surface area contributed by atoms with E-state index in [1.165, 1.54) is 0 Å². The largest absolute Gasteiger partial charge is 0.408 e. The van der Waals surface area contributed by atoms with Gasteiger partial charge in [0.25, 0.3) is 10.1 Å². The predicted molar refractivity (Wildman–Crippen MR) is 35.2 cm³/mol. The first-order valence-corrected chi connectivity index (χ1v) is 4.91. The van der Waals surface area contributed by atoms with E-state index < -0.39 is 26.9 Å². The van der Waals surface area contributed by atoms with Gasteiger partial charge < -0.3 is 0 Å². The number of hydrogen-bond acceptors (Lipinski definition) is 2. The summed E-state index contributed by atoms with van der Waals surface area (Å²) in [6.07, 6.45) is -4.93. The molecule has 0 aromatic rings. The maximum atomic E-state index is 11.6. The van der Waals surface area contributed by atoms with Crippen molar-refractivity contribution in [2.45, 2.75) is 11.4 Å². The third-order valence-corrected chi connectivity index (χ3v) is 3.09. The highest BCUT2D eigenvalue weighted by Crippen LogP contribution is 2.26. The molecule has 0 bridgehead atoms. The van der Waals surface area contributed by atoms with E-state index >= 15 is 0 Å². The molecule has 11 heavy (non-hydrogen) atoms. The van der Waals surface area contributed by atoms with Crippen LogP contribution in [0.25, 0.3) is 0 Å². The average Bonchev–Trinajstić information content (AvgIpc) is 1.56. The molecule has 0 aliphatic heterocycles. The first kappa shape index (κ1) is 11.2. The van der Waals surface area contributed by atoms with E-state index in [0.717, 1.165) is 0 Å². The fourth-order valence-electron chi connectivity index (χ4n) is 0.336. The quantitative estimate of drug-likeness (QED) is 0.597. The molecule has 68 valence electrons. The number of halogens is 4. The molecule has 0 fully saturated rings. The molecular weight excluding hydrogens is 253 g/mol. The standard InChI is InChI=1S/C3H4BrF3O3S/c4-1-2(3(5,6)7)11(8,9)10/h2H,1H2,(H,8,9,10). The summed E-state index contributed by atoms with van der Waals surface area (Å²) in [6.45, 7) is 0. The molecule has 8 heteroatoms. The van der Waals surface area contributed by atoms with Crippen molar-refractivity contribution in [1.29, 1.82) is 0 Å². The van der Waals surface area contributed by atoms with Gasteiger partial charge in [0.1, 0.15) is 0 Å². The molecule has 1 unspecified atom stereocenters. The molecule has 0 aliphatic rings. The minimum Gasteiger partial charge on any atom is -0.285 e. The van der Waals surface area contributed by atoms with E-state index in [9.17, 15) is 21.6 Å².